The Morgan fingerprint density at radius 3 is 2.58 bits per heavy atom. The number of nitrogen functional groups attached to an aromatic ring is 1. The van der Waals surface area contributed by atoms with Gasteiger partial charge in [-0.25, -0.2) is 20.0 Å². The number of imidazole rings is 1. The number of rotatable bonds is 15. The second kappa shape index (κ2) is 12.1. The van der Waals surface area contributed by atoms with Crippen LogP contribution in [0.15, 0.2) is 12.7 Å². The maximum atomic E-state index is 13.9. The molecule has 0 aromatic carbocycles. The van der Waals surface area contributed by atoms with Crippen molar-refractivity contribution in [2.24, 2.45) is 5.41 Å². The van der Waals surface area contributed by atoms with Crippen LogP contribution in [0.4, 0.5) is 5.82 Å². The second-order valence-corrected chi connectivity index (χ2v) is 12.5. The van der Waals surface area contributed by atoms with Crippen molar-refractivity contribution in [1.29, 1.82) is 0 Å². The summed E-state index contributed by atoms with van der Waals surface area (Å²) in [7, 11) is -3.74. The van der Waals surface area contributed by atoms with Crippen LogP contribution in [0.5, 0.6) is 0 Å². The molecule has 14 heteroatoms. The van der Waals surface area contributed by atoms with Gasteiger partial charge in [0.2, 0.25) is 0 Å². The number of carbonyl (C=O) groups excluding carboxylic acids is 2. The summed E-state index contributed by atoms with van der Waals surface area (Å²) in [5.41, 5.74) is 4.97. The Kier molecular flexibility index (Phi) is 9.51. The van der Waals surface area contributed by atoms with Crippen LogP contribution in [0.1, 0.15) is 60.8 Å². The van der Waals surface area contributed by atoms with E-state index in [1.54, 1.807) is 52.4 Å². The second-order valence-electron chi connectivity index (χ2n) is 10.4. The molecule has 3 rings (SSSR count). The first-order valence-electron chi connectivity index (χ1n) is 12.7. The molecule has 1 aliphatic rings. The molecule has 0 spiro atoms. The lowest BCUT2D eigenvalue weighted by Crippen LogP contribution is -2.47. The number of aromatic nitrogens is 4. The van der Waals surface area contributed by atoms with Crippen molar-refractivity contribution in [1.82, 2.24) is 24.6 Å². The van der Waals surface area contributed by atoms with E-state index in [2.05, 4.69) is 20.0 Å². The number of fused-ring (bicyclic) bond motifs is 1. The molecule has 0 amide bonds. The van der Waals surface area contributed by atoms with Gasteiger partial charge in [0.25, 0.3) is 7.52 Å². The number of anilines is 1. The highest BCUT2D eigenvalue weighted by Crippen LogP contribution is 2.52. The summed E-state index contributed by atoms with van der Waals surface area (Å²) in [4.78, 5) is 37.4. The summed E-state index contributed by atoms with van der Waals surface area (Å²) in [5.74, 6) is -0.568. The van der Waals surface area contributed by atoms with E-state index >= 15 is 0 Å². The lowest BCUT2D eigenvalue weighted by atomic mass is 10.0. The van der Waals surface area contributed by atoms with Gasteiger partial charge in [-0.1, -0.05) is 0 Å². The van der Waals surface area contributed by atoms with Crippen LogP contribution >= 0.6 is 7.52 Å². The summed E-state index contributed by atoms with van der Waals surface area (Å²) < 4.78 is 38.0. The average Bonchev–Trinajstić information content (AvgIpc) is 3.51. The van der Waals surface area contributed by atoms with E-state index < -0.39 is 30.5 Å². The third-order valence-corrected chi connectivity index (χ3v) is 8.15. The fraction of sp³-hybridized carbons (Fsp3) is 0.708. The quantitative estimate of drug-likeness (QED) is 0.244. The van der Waals surface area contributed by atoms with Gasteiger partial charge in [0.15, 0.2) is 11.5 Å². The number of hydrogen-bond donors (Lipinski definition) is 2. The summed E-state index contributed by atoms with van der Waals surface area (Å²) in [6.07, 6.45) is 3.59. The number of ether oxygens (including phenoxy) is 3. The van der Waals surface area contributed by atoms with Crippen molar-refractivity contribution in [3.63, 3.8) is 0 Å². The van der Waals surface area contributed by atoms with Crippen molar-refractivity contribution >= 4 is 36.4 Å². The Morgan fingerprint density at radius 2 is 1.95 bits per heavy atom. The third-order valence-electron chi connectivity index (χ3n) is 6.16. The molecule has 0 aliphatic heterocycles. The Hall–Kier alpha value is -2.60. The lowest BCUT2D eigenvalue weighted by molar-refractivity contribution is -0.153. The summed E-state index contributed by atoms with van der Waals surface area (Å²) in [6, 6.07) is 0. The summed E-state index contributed by atoms with van der Waals surface area (Å²) in [6.45, 7) is 10.8. The normalized spacial score (nSPS) is 17.2. The lowest BCUT2D eigenvalue weighted by Gasteiger charge is -2.31. The van der Waals surface area contributed by atoms with Gasteiger partial charge in [0.05, 0.1) is 43.7 Å². The first kappa shape index (κ1) is 29.9. The molecule has 2 aromatic heterocycles. The van der Waals surface area contributed by atoms with Gasteiger partial charge in [0.1, 0.15) is 23.7 Å². The van der Waals surface area contributed by atoms with Crippen LogP contribution in [-0.4, -0.2) is 68.8 Å². The van der Waals surface area contributed by atoms with E-state index in [9.17, 15) is 14.2 Å². The fourth-order valence-corrected chi connectivity index (χ4v) is 5.89. The molecule has 1 fully saturated rings. The minimum absolute atomic E-state index is 0.0263. The minimum atomic E-state index is -3.74. The van der Waals surface area contributed by atoms with Crippen LogP contribution in [0.25, 0.3) is 11.2 Å². The molecule has 3 N–H and O–H groups in total. The minimum Gasteiger partial charge on any atom is -0.466 e. The predicted molar refractivity (Wildman–Crippen MR) is 140 cm³/mol. The largest absolute Gasteiger partial charge is 0.466 e. The van der Waals surface area contributed by atoms with Gasteiger partial charge in [-0.2, -0.15) is 0 Å². The molecule has 0 bridgehead atoms. The van der Waals surface area contributed by atoms with Gasteiger partial charge in [0, 0.05) is 0 Å². The highest BCUT2D eigenvalue weighted by Gasteiger charge is 2.51. The van der Waals surface area contributed by atoms with Crippen molar-refractivity contribution in [2.75, 3.05) is 25.3 Å². The molecule has 2 heterocycles. The van der Waals surface area contributed by atoms with Crippen molar-refractivity contribution in [3.8, 4) is 0 Å². The van der Waals surface area contributed by atoms with Crippen LogP contribution in [0.2, 0.25) is 0 Å². The van der Waals surface area contributed by atoms with E-state index in [0.717, 1.165) is 0 Å². The van der Waals surface area contributed by atoms with E-state index in [1.807, 2.05) is 0 Å². The molecule has 1 saturated carbocycles. The van der Waals surface area contributed by atoms with Crippen LogP contribution in [-0.2, 0) is 39.4 Å². The fourth-order valence-electron chi connectivity index (χ4n) is 3.90. The number of nitrogens with two attached hydrogens (primary N) is 1. The number of carbonyl (C=O) groups is 2. The van der Waals surface area contributed by atoms with Crippen LogP contribution in [0, 0.1) is 5.41 Å². The molecule has 0 saturated heterocycles. The Balaban J connectivity index is 1.68. The molecule has 2 atom stereocenters. The maximum Gasteiger partial charge on any atom is 0.326 e. The molecule has 13 nitrogen and oxygen atoms in total. The average molecular weight is 555 g/mol. The van der Waals surface area contributed by atoms with E-state index in [4.69, 9.17) is 24.5 Å². The van der Waals surface area contributed by atoms with Crippen LogP contribution < -0.4 is 10.8 Å². The monoisotopic (exact) mass is 554 g/mol. The zero-order valence-electron chi connectivity index (χ0n) is 22.9. The number of nitrogens with zero attached hydrogens (tertiary/aromatic N) is 4. The highest BCUT2D eigenvalue weighted by atomic mass is 31.2. The Bertz CT molecular complexity index is 1180. The molecule has 0 radical (unpaired) electrons. The predicted octanol–water partition coefficient (Wildman–Crippen LogP) is 3.03. The highest BCUT2D eigenvalue weighted by molar-refractivity contribution is 7.56. The molecule has 212 valence electrons. The molecule has 1 aliphatic carbocycles. The van der Waals surface area contributed by atoms with Crippen molar-refractivity contribution < 1.29 is 32.9 Å². The molecule has 0 unspecified atom stereocenters. The first-order chi connectivity index (χ1) is 17.8. The standard InChI is InChI=1S/C24H39N6O7P/c1-7-34-22(32)24(8-9-24)10-11-36-38(33,29-23(5,6)21(31)37-16(2)3)15-35-17(4)12-30-14-28-18-19(25)26-13-27-20(18)30/h13-14,16-17H,7-12,15H2,1-6H3,(H,29,33)(H2,25,26,27)/t17-,38-/m1/s1. The Morgan fingerprint density at radius 1 is 1.24 bits per heavy atom. The van der Waals surface area contributed by atoms with Gasteiger partial charge in [-0.3, -0.25) is 14.2 Å². The van der Waals surface area contributed by atoms with Crippen LogP contribution in [0.3, 0.4) is 0 Å². The number of hydrogen-bond acceptors (Lipinski definition) is 11. The summed E-state index contributed by atoms with van der Waals surface area (Å²) in [5, 5.41) is 2.85. The van der Waals surface area contributed by atoms with E-state index in [-0.39, 0.29) is 30.8 Å². The van der Waals surface area contributed by atoms with Gasteiger partial charge in [-0.15, -0.1) is 0 Å². The van der Waals surface area contributed by atoms with E-state index in [0.29, 0.717) is 43.6 Å². The zero-order valence-corrected chi connectivity index (χ0v) is 23.8. The summed E-state index contributed by atoms with van der Waals surface area (Å²) >= 11 is 0. The smallest absolute Gasteiger partial charge is 0.326 e. The maximum absolute atomic E-state index is 13.9. The molecule has 2 aromatic rings. The van der Waals surface area contributed by atoms with Crippen molar-refractivity contribution in [3.05, 3.63) is 12.7 Å². The number of esters is 2. The molecular weight excluding hydrogens is 515 g/mol. The van der Waals surface area contributed by atoms with E-state index in [1.165, 1.54) is 6.33 Å². The first-order valence-corrected chi connectivity index (χ1v) is 14.6. The Labute approximate surface area is 222 Å². The van der Waals surface area contributed by atoms with Gasteiger partial charge >= 0.3 is 11.9 Å². The SMILES string of the molecule is CCOC(=O)C1(CCO[P@](=O)(CO[C@H](C)Cn2cnc3c(N)ncnc32)NC(C)(C)C(=O)OC(C)C)CC1. The molecular formula is C24H39N6O7P. The number of nitrogens with one attached hydrogen (secondary N) is 1. The van der Waals surface area contributed by atoms with Gasteiger partial charge in [-0.05, 0) is 60.8 Å². The third kappa shape index (κ3) is 7.49. The zero-order chi connectivity index (χ0) is 28.1. The topological polar surface area (TPSA) is 170 Å². The molecule has 38 heavy (non-hydrogen) atoms. The van der Waals surface area contributed by atoms with Crippen molar-refractivity contribution in [2.45, 2.75) is 85.1 Å². The van der Waals surface area contributed by atoms with Gasteiger partial charge < -0.3 is 29.0 Å².